The second kappa shape index (κ2) is 10.8. The molecule has 0 saturated carbocycles. The molecule has 0 unspecified atom stereocenters. The van der Waals surface area contributed by atoms with Crippen molar-refractivity contribution in [3.05, 3.63) is 77.7 Å². The molecular formula is C26H35N5O2. The lowest BCUT2D eigenvalue weighted by molar-refractivity contribution is 0.0945. The van der Waals surface area contributed by atoms with E-state index in [0.29, 0.717) is 29.2 Å². The lowest BCUT2D eigenvalue weighted by Crippen LogP contribution is -2.37. The number of rotatable bonds is 7. The Labute approximate surface area is 198 Å². The minimum Gasteiger partial charge on any atom is -0.351 e. The van der Waals surface area contributed by atoms with Crippen LogP contribution >= 0.6 is 0 Å². The number of para-hydroxylation sites is 1. The largest absolute Gasteiger partial charge is 0.351 e. The zero-order chi connectivity index (χ0) is 23.0. The Morgan fingerprint density at radius 2 is 1.70 bits per heavy atom. The van der Waals surface area contributed by atoms with Crippen molar-refractivity contribution < 1.29 is 13.9 Å². The standard InChI is InChI=1S/C26H29N5O2.3H2/c1-19-24(26(33)29-22-8-4-2-5-9-22)30-23(18-28-19)20-10-12-21(13-11-20)25(32)27-14-17-31-15-6-3-7-16-31;;;/h2,4-5,8-13,18H,3,6-7,14-17H2,1H3,(H,27,32)(H,29,33);3*1H. The second-order valence-corrected chi connectivity index (χ2v) is 8.24. The van der Waals surface area contributed by atoms with Gasteiger partial charge in [0.05, 0.1) is 17.6 Å². The van der Waals surface area contributed by atoms with E-state index in [1.165, 1.54) is 19.3 Å². The van der Waals surface area contributed by atoms with Gasteiger partial charge in [-0.25, -0.2) is 4.98 Å². The van der Waals surface area contributed by atoms with Crippen LogP contribution in [0.2, 0.25) is 0 Å². The molecule has 33 heavy (non-hydrogen) atoms. The van der Waals surface area contributed by atoms with E-state index in [4.69, 9.17) is 0 Å². The van der Waals surface area contributed by atoms with Crippen molar-refractivity contribution in [2.75, 3.05) is 31.5 Å². The topological polar surface area (TPSA) is 87.2 Å². The first kappa shape index (κ1) is 22.6. The molecule has 176 valence electrons. The van der Waals surface area contributed by atoms with Crippen LogP contribution in [0, 0.1) is 6.92 Å². The highest BCUT2D eigenvalue weighted by Gasteiger charge is 2.15. The van der Waals surface area contributed by atoms with Crippen LogP contribution in [0.1, 0.15) is 50.1 Å². The monoisotopic (exact) mass is 449 g/mol. The van der Waals surface area contributed by atoms with Gasteiger partial charge in [-0.2, -0.15) is 0 Å². The van der Waals surface area contributed by atoms with Crippen molar-refractivity contribution in [3.63, 3.8) is 0 Å². The Bertz CT molecular complexity index is 1110. The Morgan fingerprint density at radius 3 is 2.42 bits per heavy atom. The molecule has 0 radical (unpaired) electrons. The van der Waals surface area contributed by atoms with Gasteiger partial charge >= 0.3 is 0 Å². The maximum atomic E-state index is 12.7. The molecule has 2 amide bonds. The van der Waals surface area contributed by atoms with E-state index in [1.807, 2.05) is 42.5 Å². The zero-order valence-corrected chi connectivity index (χ0v) is 18.9. The summed E-state index contributed by atoms with van der Waals surface area (Å²) in [4.78, 5) is 36.5. The normalized spacial score (nSPS) is 14.0. The van der Waals surface area contributed by atoms with Crippen molar-refractivity contribution in [2.24, 2.45) is 0 Å². The van der Waals surface area contributed by atoms with Gasteiger partial charge < -0.3 is 15.5 Å². The molecule has 7 heteroatoms. The van der Waals surface area contributed by atoms with Gasteiger partial charge in [0.1, 0.15) is 5.69 Å². The third-order valence-corrected chi connectivity index (χ3v) is 5.81. The molecule has 0 atom stereocenters. The first-order valence-corrected chi connectivity index (χ1v) is 11.4. The van der Waals surface area contributed by atoms with Gasteiger partial charge in [-0.1, -0.05) is 36.8 Å². The van der Waals surface area contributed by atoms with E-state index in [1.54, 1.807) is 25.3 Å². The van der Waals surface area contributed by atoms with E-state index in [-0.39, 0.29) is 21.8 Å². The molecule has 0 spiro atoms. The molecule has 1 aliphatic rings. The smallest absolute Gasteiger partial charge is 0.276 e. The fourth-order valence-electron chi connectivity index (χ4n) is 3.92. The SMILES string of the molecule is Cc1ncc(-c2ccc(C(=O)NCCN3CCCCC3)cc2)nc1C(=O)Nc1ccccc1.[HH].[HH].[HH]. The zero-order valence-electron chi connectivity index (χ0n) is 18.9. The van der Waals surface area contributed by atoms with Gasteiger partial charge in [0.15, 0.2) is 0 Å². The van der Waals surface area contributed by atoms with E-state index in [0.717, 1.165) is 25.2 Å². The van der Waals surface area contributed by atoms with Crippen LogP contribution in [0.5, 0.6) is 0 Å². The van der Waals surface area contributed by atoms with Crippen molar-refractivity contribution in [2.45, 2.75) is 26.2 Å². The van der Waals surface area contributed by atoms with Crippen molar-refractivity contribution in [1.82, 2.24) is 20.2 Å². The van der Waals surface area contributed by atoms with E-state index in [2.05, 4.69) is 25.5 Å². The van der Waals surface area contributed by atoms with Gasteiger partial charge in [-0.15, -0.1) is 0 Å². The Morgan fingerprint density at radius 1 is 0.970 bits per heavy atom. The molecular weight excluding hydrogens is 414 g/mol. The molecule has 2 aromatic carbocycles. The lowest BCUT2D eigenvalue weighted by Gasteiger charge is -2.26. The Balaban J connectivity index is 0.00000216. The molecule has 1 saturated heterocycles. The first-order valence-electron chi connectivity index (χ1n) is 11.4. The van der Waals surface area contributed by atoms with Crippen LogP contribution in [0.4, 0.5) is 5.69 Å². The van der Waals surface area contributed by atoms with Crippen LogP contribution in [0.15, 0.2) is 60.8 Å². The molecule has 2 heterocycles. The molecule has 0 aliphatic carbocycles. The molecule has 4 rings (SSSR count). The van der Waals surface area contributed by atoms with Crippen molar-refractivity contribution >= 4 is 17.5 Å². The van der Waals surface area contributed by atoms with Gasteiger partial charge in [0.2, 0.25) is 0 Å². The van der Waals surface area contributed by atoms with Gasteiger partial charge in [0.25, 0.3) is 11.8 Å². The minimum atomic E-state index is -0.308. The van der Waals surface area contributed by atoms with E-state index < -0.39 is 0 Å². The van der Waals surface area contributed by atoms with Crippen LogP contribution in [0.25, 0.3) is 11.3 Å². The van der Waals surface area contributed by atoms with E-state index >= 15 is 0 Å². The number of nitrogens with zero attached hydrogens (tertiary/aromatic N) is 3. The van der Waals surface area contributed by atoms with E-state index in [9.17, 15) is 9.59 Å². The number of anilines is 1. The summed E-state index contributed by atoms with van der Waals surface area (Å²) >= 11 is 0. The minimum absolute atomic E-state index is 0. The van der Waals surface area contributed by atoms with Crippen molar-refractivity contribution in [3.8, 4) is 11.3 Å². The summed E-state index contributed by atoms with van der Waals surface area (Å²) in [6.07, 6.45) is 5.43. The third kappa shape index (κ3) is 6.02. The molecule has 1 aromatic heterocycles. The summed E-state index contributed by atoms with van der Waals surface area (Å²) in [7, 11) is 0. The number of benzene rings is 2. The predicted octanol–water partition coefficient (Wildman–Crippen LogP) is 4.66. The number of nitrogens with one attached hydrogen (secondary N) is 2. The molecule has 7 nitrogen and oxygen atoms in total. The first-order chi connectivity index (χ1) is 16.1. The fourth-order valence-corrected chi connectivity index (χ4v) is 3.92. The maximum Gasteiger partial charge on any atom is 0.276 e. The van der Waals surface area contributed by atoms with Crippen LogP contribution in [0.3, 0.4) is 0 Å². The number of likely N-dealkylation sites (tertiary alicyclic amines) is 1. The quantitative estimate of drug-likeness (QED) is 0.548. The molecule has 3 aromatic rings. The molecule has 0 bridgehead atoms. The summed E-state index contributed by atoms with van der Waals surface area (Å²) in [5, 5.41) is 5.85. The van der Waals surface area contributed by atoms with Gasteiger partial charge in [0, 0.05) is 34.2 Å². The maximum absolute atomic E-state index is 12.7. The van der Waals surface area contributed by atoms with Gasteiger partial charge in [-0.3, -0.25) is 14.6 Å². The lowest BCUT2D eigenvalue weighted by atomic mass is 10.1. The number of amides is 2. The highest BCUT2D eigenvalue weighted by Crippen LogP contribution is 2.19. The highest BCUT2D eigenvalue weighted by atomic mass is 16.2. The third-order valence-electron chi connectivity index (χ3n) is 5.81. The summed E-state index contributed by atoms with van der Waals surface area (Å²) in [5.74, 6) is -0.394. The number of aromatic nitrogens is 2. The Kier molecular flexibility index (Phi) is 7.42. The van der Waals surface area contributed by atoms with Crippen molar-refractivity contribution in [1.29, 1.82) is 0 Å². The second-order valence-electron chi connectivity index (χ2n) is 8.24. The molecule has 2 N–H and O–H groups in total. The summed E-state index contributed by atoms with van der Waals surface area (Å²) < 4.78 is 0. The highest BCUT2D eigenvalue weighted by molar-refractivity contribution is 6.03. The summed E-state index contributed by atoms with van der Waals surface area (Å²) in [6, 6.07) is 16.5. The number of aryl methyl sites for hydroxylation is 1. The summed E-state index contributed by atoms with van der Waals surface area (Å²) in [5.41, 5.74) is 3.49. The number of carbonyl (C=O) groups is 2. The number of carbonyl (C=O) groups excluding carboxylic acids is 2. The number of hydrogen-bond donors (Lipinski definition) is 2. The van der Waals surface area contributed by atoms with Crippen LogP contribution in [-0.4, -0.2) is 52.9 Å². The van der Waals surface area contributed by atoms with Crippen LogP contribution in [-0.2, 0) is 0 Å². The molecule has 1 fully saturated rings. The average Bonchev–Trinajstić information content (AvgIpc) is 2.85. The summed E-state index contributed by atoms with van der Waals surface area (Å²) in [6.45, 7) is 5.52. The van der Waals surface area contributed by atoms with Crippen LogP contribution < -0.4 is 10.6 Å². The Hall–Kier alpha value is -3.58. The number of hydrogen-bond acceptors (Lipinski definition) is 5. The number of piperidine rings is 1. The predicted molar refractivity (Wildman–Crippen MR) is 136 cm³/mol. The fraction of sp³-hybridized carbons (Fsp3) is 0.308. The van der Waals surface area contributed by atoms with Gasteiger partial charge in [-0.05, 0) is 57.1 Å². The molecule has 1 aliphatic heterocycles. The average molecular weight is 450 g/mol.